The van der Waals surface area contributed by atoms with Crippen LogP contribution in [0.1, 0.15) is 27.4 Å². The van der Waals surface area contributed by atoms with Crippen LogP contribution in [-0.4, -0.2) is 13.0 Å². The maximum Gasteiger partial charge on any atom is 0.259 e. The van der Waals surface area contributed by atoms with E-state index in [0.717, 1.165) is 11.3 Å². The van der Waals surface area contributed by atoms with Gasteiger partial charge in [-0.05, 0) is 39.0 Å². The lowest BCUT2D eigenvalue weighted by Gasteiger charge is -2.11. The summed E-state index contributed by atoms with van der Waals surface area (Å²) in [6.07, 6.45) is 0. The standard InChI is InChI=1S/C15H18N2O3/c1-8-9(2)20-10(3)14(8)15(18)17-12-7-11(16)5-6-13(12)19-4/h5-7H,16H2,1-4H3,(H,17,18). The van der Waals surface area contributed by atoms with E-state index < -0.39 is 0 Å². The van der Waals surface area contributed by atoms with E-state index in [4.69, 9.17) is 14.9 Å². The van der Waals surface area contributed by atoms with Gasteiger partial charge in [-0.25, -0.2) is 0 Å². The highest BCUT2D eigenvalue weighted by atomic mass is 16.5. The van der Waals surface area contributed by atoms with Crippen LogP contribution in [0.4, 0.5) is 11.4 Å². The molecular weight excluding hydrogens is 256 g/mol. The number of ether oxygens (including phenoxy) is 1. The molecule has 5 nitrogen and oxygen atoms in total. The Kier molecular flexibility index (Phi) is 3.70. The number of nitrogens with one attached hydrogen (secondary N) is 1. The first-order valence-electron chi connectivity index (χ1n) is 6.25. The van der Waals surface area contributed by atoms with Gasteiger partial charge < -0.3 is 20.2 Å². The number of methoxy groups -OCH3 is 1. The molecule has 0 unspecified atom stereocenters. The van der Waals surface area contributed by atoms with Crippen molar-refractivity contribution >= 4 is 17.3 Å². The molecule has 0 aliphatic heterocycles. The van der Waals surface area contributed by atoms with E-state index in [2.05, 4.69) is 5.32 Å². The summed E-state index contributed by atoms with van der Waals surface area (Å²) in [4.78, 5) is 12.4. The van der Waals surface area contributed by atoms with E-state index in [0.29, 0.717) is 28.4 Å². The number of rotatable bonds is 3. The minimum Gasteiger partial charge on any atom is -0.495 e. The number of hydrogen-bond acceptors (Lipinski definition) is 4. The Morgan fingerprint density at radius 1 is 1.25 bits per heavy atom. The summed E-state index contributed by atoms with van der Waals surface area (Å²) >= 11 is 0. The number of nitrogen functional groups attached to an aromatic ring is 1. The molecule has 0 aliphatic rings. The number of furan rings is 1. The largest absolute Gasteiger partial charge is 0.495 e. The van der Waals surface area contributed by atoms with Gasteiger partial charge in [0.15, 0.2) is 0 Å². The summed E-state index contributed by atoms with van der Waals surface area (Å²) < 4.78 is 10.7. The first-order valence-corrected chi connectivity index (χ1v) is 6.25. The quantitative estimate of drug-likeness (QED) is 0.843. The zero-order valence-electron chi connectivity index (χ0n) is 12.0. The minimum atomic E-state index is -0.235. The predicted octanol–water partition coefficient (Wildman–Crippen LogP) is 3.05. The second-order valence-electron chi connectivity index (χ2n) is 4.63. The van der Waals surface area contributed by atoms with Crippen LogP contribution in [0.5, 0.6) is 5.75 Å². The lowest BCUT2D eigenvalue weighted by molar-refractivity contribution is 0.102. The third-order valence-electron chi connectivity index (χ3n) is 3.26. The van der Waals surface area contributed by atoms with E-state index in [1.165, 1.54) is 0 Å². The molecule has 20 heavy (non-hydrogen) atoms. The molecule has 1 aromatic carbocycles. The highest BCUT2D eigenvalue weighted by Gasteiger charge is 2.19. The average molecular weight is 274 g/mol. The number of benzene rings is 1. The molecule has 106 valence electrons. The van der Waals surface area contributed by atoms with Crippen LogP contribution in [0.25, 0.3) is 0 Å². The lowest BCUT2D eigenvalue weighted by atomic mass is 10.1. The maximum absolute atomic E-state index is 12.4. The van der Waals surface area contributed by atoms with Crippen molar-refractivity contribution < 1.29 is 13.9 Å². The molecule has 0 saturated carbocycles. The lowest BCUT2D eigenvalue weighted by Crippen LogP contribution is -2.14. The van der Waals surface area contributed by atoms with Gasteiger partial charge in [-0.3, -0.25) is 4.79 Å². The van der Waals surface area contributed by atoms with Gasteiger partial charge >= 0.3 is 0 Å². The van der Waals surface area contributed by atoms with Gasteiger partial charge in [-0.15, -0.1) is 0 Å². The summed E-state index contributed by atoms with van der Waals surface area (Å²) in [6.45, 7) is 5.46. The summed E-state index contributed by atoms with van der Waals surface area (Å²) in [5.41, 5.74) is 8.21. The van der Waals surface area contributed by atoms with Gasteiger partial charge in [0.2, 0.25) is 0 Å². The van der Waals surface area contributed by atoms with Gasteiger partial charge in [-0.1, -0.05) is 0 Å². The van der Waals surface area contributed by atoms with Gasteiger partial charge in [-0.2, -0.15) is 0 Å². The van der Waals surface area contributed by atoms with E-state index >= 15 is 0 Å². The Morgan fingerprint density at radius 2 is 1.95 bits per heavy atom. The molecule has 0 fully saturated rings. The molecule has 1 amide bonds. The molecule has 5 heteroatoms. The fraction of sp³-hybridized carbons (Fsp3) is 0.267. The van der Waals surface area contributed by atoms with Crippen molar-refractivity contribution in [1.29, 1.82) is 0 Å². The van der Waals surface area contributed by atoms with Gasteiger partial charge in [0.1, 0.15) is 17.3 Å². The van der Waals surface area contributed by atoms with Gasteiger partial charge in [0.05, 0.1) is 18.4 Å². The van der Waals surface area contributed by atoms with Crippen molar-refractivity contribution in [3.63, 3.8) is 0 Å². The first kappa shape index (κ1) is 14.0. The van der Waals surface area contributed by atoms with Crippen LogP contribution in [-0.2, 0) is 0 Å². The Labute approximate surface area is 117 Å². The van der Waals surface area contributed by atoms with Crippen LogP contribution in [0.3, 0.4) is 0 Å². The molecule has 2 aromatic rings. The number of aryl methyl sites for hydroxylation is 2. The molecule has 0 spiro atoms. The van der Waals surface area contributed by atoms with Gasteiger partial charge in [0, 0.05) is 11.3 Å². The summed E-state index contributed by atoms with van der Waals surface area (Å²) in [5.74, 6) is 1.66. The maximum atomic E-state index is 12.4. The van der Waals surface area contributed by atoms with E-state index in [1.807, 2.05) is 13.8 Å². The monoisotopic (exact) mass is 274 g/mol. The minimum absolute atomic E-state index is 0.235. The fourth-order valence-electron chi connectivity index (χ4n) is 2.14. The fourth-order valence-corrected chi connectivity index (χ4v) is 2.14. The van der Waals surface area contributed by atoms with Crippen molar-refractivity contribution in [3.8, 4) is 5.75 Å². The Hall–Kier alpha value is -2.43. The van der Waals surface area contributed by atoms with Crippen LogP contribution in [0, 0.1) is 20.8 Å². The second-order valence-corrected chi connectivity index (χ2v) is 4.63. The van der Waals surface area contributed by atoms with Crippen molar-refractivity contribution in [2.24, 2.45) is 0 Å². The summed E-state index contributed by atoms with van der Waals surface area (Å²) in [7, 11) is 1.54. The van der Waals surface area contributed by atoms with Crippen molar-refractivity contribution in [2.75, 3.05) is 18.2 Å². The molecular formula is C15H18N2O3. The van der Waals surface area contributed by atoms with Crippen LogP contribution >= 0.6 is 0 Å². The van der Waals surface area contributed by atoms with E-state index in [-0.39, 0.29) is 5.91 Å². The average Bonchev–Trinajstić information content (AvgIpc) is 2.63. The Balaban J connectivity index is 2.35. The first-order chi connectivity index (χ1) is 9.43. The molecule has 3 N–H and O–H groups in total. The highest BCUT2D eigenvalue weighted by Crippen LogP contribution is 2.28. The van der Waals surface area contributed by atoms with Gasteiger partial charge in [0.25, 0.3) is 5.91 Å². The summed E-state index contributed by atoms with van der Waals surface area (Å²) in [6, 6.07) is 5.09. The zero-order chi connectivity index (χ0) is 14.9. The third kappa shape index (κ3) is 2.47. The van der Waals surface area contributed by atoms with Crippen LogP contribution in [0.15, 0.2) is 22.6 Å². The molecule has 0 aliphatic carbocycles. The number of nitrogens with two attached hydrogens (primary N) is 1. The topological polar surface area (TPSA) is 77.5 Å². The molecule has 0 bridgehead atoms. The highest BCUT2D eigenvalue weighted by molar-refractivity contribution is 6.07. The normalized spacial score (nSPS) is 10.4. The van der Waals surface area contributed by atoms with E-state index in [1.54, 1.807) is 32.2 Å². The molecule has 2 rings (SSSR count). The predicted molar refractivity (Wildman–Crippen MR) is 78.3 cm³/mol. The number of carbonyl (C=O) groups is 1. The number of amides is 1. The Morgan fingerprint density at radius 3 is 2.50 bits per heavy atom. The zero-order valence-corrected chi connectivity index (χ0v) is 12.0. The number of anilines is 2. The molecule has 0 atom stereocenters. The van der Waals surface area contributed by atoms with Crippen molar-refractivity contribution in [2.45, 2.75) is 20.8 Å². The van der Waals surface area contributed by atoms with Crippen molar-refractivity contribution in [1.82, 2.24) is 0 Å². The smallest absolute Gasteiger partial charge is 0.259 e. The molecule has 0 radical (unpaired) electrons. The second kappa shape index (κ2) is 5.28. The third-order valence-corrected chi connectivity index (χ3v) is 3.26. The number of hydrogen-bond donors (Lipinski definition) is 2. The van der Waals surface area contributed by atoms with Crippen LogP contribution in [0.2, 0.25) is 0 Å². The van der Waals surface area contributed by atoms with E-state index in [9.17, 15) is 4.79 Å². The molecule has 0 saturated heterocycles. The van der Waals surface area contributed by atoms with Crippen molar-refractivity contribution in [3.05, 3.63) is 40.8 Å². The number of carbonyl (C=O) groups excluding carboxylic acids is 1. The van der Waals surface area contributed by atoms with Crippen LogP contribution < -0.4 is 15.8 Å². The SMILES string of the molecule is COc1ccc(N)cc1NC(=O)c1c(C)oc(C)c1C. The summed E-state index contributed by atoms with van der Waals surface area (Å²) in [5, 5.41) is 2.81. The molecule has 1 aromatic heterocycles. The Bertz CT molecular complexity index is 659. The molecule has 1 heterocycles.